The third-order valence-electron chi connectivity index (χ3n) is 3.69. The van der Waals surface area contributed by atoms with Crippen LogP contribution in [0.1, 0.15) is 5.56 Å². The molecule has 0 aliphatic rings. The summed E-state index contributed by atoms with van der Waals surface area (Å²) in [5, 5.41) is 0. The maximum atomic E-state index is 12.2. The van der Waals surface area contributed by atoms with Crippen LogP contribution >= 0.6 is 0 Å². The van der Waals surface area contributed by atoms with E-state index in [1.807, 2.05) is 12.1 Å². The molecule has 0 unspecified atom stereocenters. The molecule has 0 saturated heterocycles. The van der Waals surface area contributed by atoms with Crippen LogP contribution in [0, 0.1) is 0 Å². The van der Waals surface area contributed by atoms with Gasteiger partial charge in [-0.05, 0) is 54.1 Å². The van der Waals surface area contributed by atoms with Crippen LogP contribution in [0.4, 0.5) is 18.9 Å². The van der Waals surface area contributed by atoms with Crippen LogP contribution in [0.2, 0.25) is 0 Å². The van der Waals surface area contributed by atoms with Gasteiger partial charge in [0.05, 0.1) is 11.9 Å². The first kappa shape index (κ1) is 21.8. The lowest BCUT2D eigenvalue weighted by Crippen LogP contribution is -2.37. The Morgan fingerprint density at radius 2 is 1.71 bits per heavy atom. The Morgan fingerprint density at radius 1 is 1.00 bits per heavy atom. The summed E-state index contributed by atoms with van der Waals surface area (Å²) in [7, 11) is 0. The first-order chi connectivity index (χ1) is 14.9. The number of aromatic nitrogens is 1. The molecule has 0 saturated carbocycles. The Morgan fingerprint density at radius 3 is 2.42 bits per heavy atom. The molecule has 2 N–H and O–H groups in total. The monoisotopic (exact) mass is 430 g/mol. The van der Waals surface area contributed by atoms with E-state index in [-0.39, 0.29) is 5.75 Å². The number of carbonyl (C=O) groups is 1. The number of nitrogens with zero attached hydrogens (tertiary/aromatic N) is 2. The van der Waals surface area contributed by atoms with Crippen LogP contribution in [0.5, 0.6) is 17.2 Å². The van der Waals surface area contributed by atoms with E-state index in [9.17, 15) is 18.0 Å². The molecule has 160 valence electrons. The van der Waals surface area contributed by atoms with Gasteiger partial charge in [-0.25, -0.2) is 5.43 Å². The number of ether oxygens (including phenoxy) is 2. The summed E-state index contributed by atoms with van der Waals surface area (Å²) in [6.45, 7) is 0.429. The average molecular weight is 430 g/mol. The molecule has 3 aromatic rings. The lowest BCUT2D eigenvalue weighted by atomic mass is 10.3. The van der Waals surface area contributed by atoms with Crippen molar-refractivity contribution < 1.29 is 27.4 Å². The number of hydrogen-bond acceptors (Lipinski definition) is 6. The second-order valence-corrected chi connectivity index (χ2v) is 6.08. The third kappa shape index (κ3) is 7.78. The molecule has 2 aromatic carbocycles. The van der Waals surface area contributed by atoms with Gasteiger partial charge >= 0.3 is 6.36 Å². The maximum absolute atomic E-state index is 12.2. The van der Waals surface area contributed by atoms with E-state index < -0.39 is 12.3 Å². The highest BCUT2D eigenvalue weighted by Gasteiger charge is 2.30. The second kappa shape index (κ2) is 10.2. The van der Waals surface area contributed by atoms with Gasteiger partial charge in [-0.1, -0.05) is 6.07 Å². The zero-order valence-electron chi connectivity index (χ0n) is 16.0. The van der Waals surface area contributed by atoms with E-state index in [1.165, 1.54) is 12.1 Å². The van der Waals surface area contributed by atoms with E-state index in [0.717, 1.165) is 23.9 Å². The van der Waals surface area contributed by atoms with Gasteiger partial charge in [-0.2, -0.15) is 0 Å². The van der Waals surface area contributed by atoms with Crippen LogP contribution < -0.4 is 20.3 Å². The maximum Gasteiger partial charge on any atom is 0.573 e. The predicted molar refractivity (Wildman–Crippen MR) is 107 cm³/mol. The van der Waals surface area contributed by atoms with Crippen molar-refractivity contribution >= 4 is 17.8 Å². The van der Waals surface area contributed by atoms with Crippen molar-refractivity contribution in [2.45, 2.75) is 12.9 Å². The largest absolute Gasteiger partial charge is 0.573 e. The molecule has 1 aromatic heterocycles. The number of hydrogen-bond donors (Lipinski definition) is 2. The fourth-order valence-corrected chi connectivity index (χ4v) is 2.37. The quantitative estimate of drug-likeness (QED) is 0.411. The first-order valence-electron chi connectivity index (χ1n) is 8.97. The molecule has 0 bridgehead atoms. The molecule has 10 heteroatoms. The van der Waals surface area contributed by atoms with E-state index in [2.05, 4.69) is 25.6 Å². The Hall–Kier alpha value is -3.92. The van der Waals surface area contributed by atoms with Gasteiger partial charge in [0.15, 0.2) is 0 Å². The summed E-state index contributed by atoms with van der Waals surface area (Å²) in [6.07, 6.45) is -0.336. The highest BCUT2D eigenvalue weighted by atomic mass is 19.4. The zero-order valence-corrected chi connectivity index (χ0v) is 16.0. The summed E-state index contributed by atoms with van der Waals surface area (Å²) in [5.74, 6) is -0.0774. The fourth-order valence-electron chi connectivity index (χ4n) is 2.37. The van der Waals surface area contributed by atoms with Crippen molar-refractivity contribution in [2.24, 2.45) is 4.99 Å². The molecule has 0 aliphatic carbocycles. The van der Waals surface area contributed by atoms with Crippen LogP contribution in [-0.4, -0.2) is 23.5 Å². The molecule has 0 atom stereocenters. The molecule has 1 amide bonds. The average Bonchev–Trinajstić information content (AvgIpc) is 2.74. The number of nitrogens with one attached hydrogen (secondary N) is 2. The van der Waals surface area contributed by atoms with Gasteiger partial charge in [0, 0.05) is 25.0 Å². The molecule has 0 spiro atoms. The smallest absolute Gasteiger partial charge is 0.457 e. The lowest BCUT2D eigenvalue weighted by Gasteiger charge is -2.10. The van der Waals surface area contributed by atoms with Crippen LogP contribution in [0.25, 0.3) is 0 Å². The van der Waals surface area contributed by atoms with E-state index in [4.69, 9.17) is 4.74 Å². The number of amides is 1. The molecule has 1 heterocycles. The van der Waals surface area contributed by atoms with Crippen molar-refractivity contribution in [3.8, 4) is 17.2 Å². The minimum Gasteiger partial charge on any atom is -0.457 e. The lowest BCUT2D eigenvalue weighted by molar-refractivity contribution is -0.274. The fraction of sp³-hybridized carbons (Fsp3) is 0.0952. The van der Waals surface area contributed by atoms with E-state index in [1.54, 1.807) is 36.7 Å². The molecule has 3 rings (SSSR count). The van der Waals surface area contributed by atoms with Crippen LogP contribution in [0.3, 0.4) is 0 Å². The first-order valence-corrected chi connectivity index (χ1v) is 8.97. The van der Waals surface area contributed by atoms with Crippen molar-refractivity contribution in [3.05, 3.63) is 78.6 Å². The van der Waals surface area contributed by atoms with Crippen LogP contribution in [-0.2, 0) is 11.3 Å². The van der Waals surface area contributed by atoms with Gasteiger partial charge in [0.25, 0.3) is 5.91 Å². The third-order valence-corrected chi connectivity index (χ3v) is 3.69. The predicted octanol–water partition coefficient (Wildman–Crippen LogP) is 4.30. The number of rotatable bonds is 8. The highest BCUT2D eigenvalue weighted by molar-refractivity contribution is 6.26. The summed E-state index contributed by atoms with van der Waals surface area (Å²) in [4.78, 5) is 19.8. The van der Waals surface area contributed by atoms with Crippen molar-refractivity contribution in [1.82, 2.24) is 15.8 Å². The second-order valence-electron chi connectivity index (χ2n) is 6.08. The number of halogens is 3. The van der Waals surface area contributed by atoms with Gasteiger partial charge < -0.3 is 9.47 Å². The van der Waals surface area contributed by atoms with Gasteiger partial charge in [0.2, 0.25) is 0 Å². The minimum absolute atomic E-state index is 0.314. The Kier molecular flexibility index (Phi) is 7.17. The SMILES string of the molecule is O=C(C=Nc1cccc(Oc2ccc(OC(F)(F)F)cc2)c1)NNCc1ccncc1. The Balaban J connectivity index is 1.51. The van der Waals surface area contributed by atoms with E-state index in [0.29, 0.717) is 23.7 Å². The standard InChI is InChI=1S/C21H17F3N4O3/c22-21(23,24)31-18-6-4-17(5-7-18)30-19-3-1-2-16(12-19)26-14-20(29)28-27-13-15-8-10-25-11-9-15/h1-12,14,27H,13H2,(H,28,29). The van der Waals surface area contributed by atoms with Crippen molar-refractivity contribution in [3.63, 3.8) is 0 Å². The number of hydrazine groups is 1. The molecular formula is C21H17F3N4O3. The number of pyridine rings is 1. The summed E-state index contributed by atoms with van der Waals surface area (Å²) < 4.78 is 46.0. The van der Waals surface area contributed by atoms with Gasteiger partial charge in [0.1, 0.15) is 17.2 Å². The molecule has 0 aliphatic heterocycles. The summed E-state index contributed by atoms with van der Waals surface area (Å²) >= 11 is 0. The molecule has 0 fully saturated rings. The molecule has 31 heavy (non-hydrogen) atoms. The highest BCUT2D eigenvalue weighted by Crippen LogP contribution is 2.28. The number of carbonyl (C=O) groups excluding carboxylic acids is 1. The number of aliphatic imine (C=N–C) groups is 1. The van der Waals surface area contributed by atoms with Crippen LogP contribution in [0.15, 0.2) is 78.0 Å². The van der Waals surface area contributed by atoms with Gasteiger partial charge in [-0.15, -0.1) is 13.2 Å². The zero-order chi connectivity index (χ0) is 22.1. The Labute approximate surface area is 175 Å². The molecule has 7 nitrogen and oxygen atoms in total. The molecular weight excluding hydrogens is 413 g/mol. The normalized spacial score (nSPS) is 11.3. The number of alkyl halides is 3. The van der Waals surface area contributed by atoms with Crippen molar-refractivity contribution in [2.75, 3.05) is 0 Å². The van der Waals surface area contributed by atoms with Gasteiger partial charge in [-0.3, -0.25) is 20.2 Å². The topological polar surface area (TPSA) is 84.8 Å². The van der Waals surface area contributed by atoms with Crippen molar-refractivity contribution in [1.29, 1.82) is 0 Å². The van der Waals surface area contributed by atoms with E-state index >= 15 is 0 Å². The Bertz CT molecular complexity index is 1030. The summed E-state index contributed by atoms with van der Waals surface area (Å²) in [6, 6.07) is 15.2. The summed E-state index contributed by atoms with van der Waals surface area (Å²) in [5.41, 5.74) is 6.68. The minimum atomic E-state index is -4.75. The molecule has 0 radical (unpaired) electrons. The number of benzene rings is 2.